The Balaban J connectivity index is 3.39. The first-order valence-electron chi connectivity index (χ1n) is 4.41. The number of ether oxygens (including phenoxy) is 2. The van der Waals surface area contributed by atoms with E-state index in [1.54, 1.807) is 12.1 Å². The van der Waals surface area contributed by atoms with E-state index < -0.39 is 12.0 Å². The van der Waals surface area contributed by atoms with Crippen LogP contribution in [0.2, 0.25) is 0 Å². The molecule has 0 heterocycles. The fraction of sp³-hybridized carbons (Fsp3) is 0.300. The SMILES string of the molecule is COc1ccc(Br)c(C(N)C(=O)O)c1OC. The Hall–Kier alpha value is -1.27. The summed E-state index contributed by atoms with van der Waals surface area (Å²) in [6.07, 6.45) is 0. The van der Waals surface area contributed by atoms with Gasteiger partial charge in [-0.3, -0.25) is 4.79 Å². The first-order valence-corrected chi connectivity index (χ1v) is 5.21. The minimum atomic E-state index is -1.17. The van der Waals surface area contributed by atoms with Crippen LogP contribution in [0.5, 0.6) is 11.5 Å². The summed E-state index contributed by atoms with van der Waals surface area (Å²) in [5.41, 5.74) is 5.93. The lowest BCUT2D eigenvalue weighted by Gasteiger charge is -2.16. The molecule has 1 unspecified atom stereocenters. The van der Waals surface area contributed by atoms with Gasteiger partial charge in [-0.05, 0) is 12.1 Å². The molecule has 0 amide bonds. The molecule has 1 atom stereocenters. The topological polar surface area (TPSA) is 81.8 Å². The second kappa shape index (κ2) is 5.18. The van der Waals surface area contributed by atoms with Gasteiger partial charge in [-0.25, -0.2) is 0 Å². The lowest BCUT2D eigenvalue weighted by atomic mass is 10.1. The quantitative estimate of drug-likeness (QED) is 0.879. The molecule has 0 fully saturated rings. The maximum atomic E-state index is 10.9. The standard InChI is InChI=1S/C10H12BrNO4/c1-15-6-4-3-5(11)7(9(6)16-2)8(12)10(13)14/h3-4,8H,12H2,1-2H3,(H,13,14). The summed E-state index contributed by atoms with van der Waals surface area (Å²) in [6.45, 7) is 0. The van der Waals surface area contributed by atoms with Gasteiger partial charge >= 0.3 is 5.97 Å². The number of nitrogens with two attached hydrogens (primary N) is 1. The molecule has 0 saturated carbocycles. The van der Waals surface area contributed by atoms with Gasteiger partial charge in [0.05, 0.1) is 14.2 Å². The normalized spacial score (nSPS) is 12.0. The molecule has 0 aliphatic heterocycles. The van der Waals surface area contributed by atoms with Crippen molar-refractivity contribution in [3.63, 3.8) is 0 Å². The Labute approximate surface area is 101 Å². The van der Waals surface area contributed by atoms with Gasteiger partial charge < -0.3 is 20.3 Å². The monoisotopic (exact) mass is 289 g/mol. The Morgan fingerprint density at radius 3 is 2.50 bits per heavy atom. The van der Waals surface area contributed by atoms with Crippen LogP contribution in [0, 0.1) is 0 Å². The van der Waals surface area contributed by atoms with Gasteiger partial charge in [0, 0.05) is 10.0 Å². The van der Waals surface area contributed by atoms with Crippen LogP contribution in [0.25, 0.3) is 0 Å². The average Bonchev–Trinajstić information content (AvgIpc) is 2.27. The van der Waals surface area contributed by atoms with E-state index in [1.807, 2.05) is 0 Å². The Kier molecular flexibility index (Phi) is 4.14. The minimum absolute atomic E-state index is 0.326. The minimum Gasteiger partial charge on any atom is -0.493 e. The third kappa shape index (κ3) is 2.28. The van der Waals surface area contributed by atoms with E-state index in [4.69, 9.17) is 20.3 Å². The van der Waals surface area contributed by atoms with E-state index in [0.29, 0.717) is 21.5 Å². The molecule has 0 bridgehead atoms. The fourth-order valence-corrected chi connectivity index (χ4v) is 1.90. The van der Waals surface area contributed by atoms with Crippen molar-refractivity contribution in [2.24, 2.45) is 5.73 Å². The molecule has 0 aliphatic carbocycles. The highest BCUT2D eigenvalue weighted by Gasteiger charge is 2.24. The zero-order valence-corrected chi connectivity index (χ0v) is 10.4. The van der Waals surface area contributed by atoms with Crippen LogP contribution >= 0.6 is 15.9 Å². The molecule has 1 aromatic rings. The zero-order chi connectivity index (χ0) is 12.3. The van der Waals surface area contributed by atoms with Crippen LogP contribution in [0.1, 0.15) is 11.6 Å². The summed E-state index contributed by atoms with van der Waals surface area (Å²) in [6, 6.07) is 2.17. The van der Waals surface area contributed by atoms with Crippen LogP contribution < -0.4 is 15.2 Å². The van der Waals surface area contributed by atoms with Crippen molar-refractivity contribution in [1.82, 2.24) is 0 Å². The van der Waals surface area contributed by atoms with E-state index in [-0.39, 0.29) is 0 Å². The highest BCUT2D eigenvalue weighted by atomic mass is 79.9. The lowest BCUT2D eigenvalue weighted by molar-refractivity contribution is -0.138. The van der Waals surface area contributed by atoms with Crippen molar-refractivity contribution in [3.05, 3.63) is 22.2 Å². The molecule has 0 aliphatic rings. The summed E-state index contributed by atoms with van der Waals surface area (Å²) in [4.78, 5) is 10.9. The van der Waals surface area contributed by atoms with E-state index in [2.05, 4.69) is 15.9 Å². The van der Waals surface area contributed by atoms with E-state index >= 15 is 0 Å². The number of methoxy groups -OCH3 is 2. The number of rotatable bonds is 4. The molecule has 0 spiro atoms. The second-order valence-corrected chi connectivity index (χ2v) is 3.87. The summed E-state index contributed by atoms with van der Waals surface area (Å²) >= 11 is 3.24. The molecule has 3 N–H and O–H groups in total. The molecule has 1 aromatic carbocycles. The van der Waals surface area contributed by atoms with Crippen molar-refractivity contribution in [2.75, 3.05) is 14.2 Å². The molecule has 6 heteroatoms. The zero-order valence-electron chi connectivity index (χ0n) is 8.86. The van der Waals surface area contributed by atoms with Gasteiger partial charge in [-0.2, -0.15) is 0 Å². The number of carbonyl (C=O) groups is 1. The van der Waals surface area contributed by atoms with Gasteiger partial charge in [0.2, 0.25) is 0 Å². The molecule has 0 saturated heterocycles. The van der Waals surface area contributed by atoms with E-state index in [9.17, 15) is 4.79 Å². The Morgan fingerprint density at radius 1 is 1.44 bits per heavy atom. The first-order chi connectivity index (χ1) is 7.52. The third-order valence-electron chi connectivity index (χ3n) is 2.11. The molecule has 0 radical (unpaired) electrons. The van der Waals surface area contributed by atoms with Crippen LogP contribution in [0.3, 0.4) is 0 Å². The van der Waals surface area contributed by atoms with E-state index in [1.165, 1.54) is 14.2 Å². The van der Waals surface area contributed by atoms with Crippen LogP contribution in [-0.4, -0.2) is 25.3 Å². The largest absolute Gasteiger partial charge is 0.493 e. The summed E-state index contributed by atoms with van der Waals surface area (Å²) in [5, 5.41) is 8.90. The Bertz CT molecular complexity index is 408. The van der Waals surface area contributed by atoms with Crippen molar-refractivity contribution < 1.29 is 19.4 Å². The first kappa shape index (κ1) is 12.8. The number of benzene rings is 1. The number of halogens is 1. The Morgan fingerprint density at radius 2 is 2.06 bits per heavy atom. The highest BCUT2D eigenvalue weighted by Crippen LogP contribution is 2.39. The van der Waals surface area contributed by atoms with Crippen molar-refractivity contribution in [1.29, 1.82) is 0 Å². The third-order valence-corrected chi connectivity index (χ3v) is 2.80. The van der Waals surface area contributed by atoms with Crippen molar-refractivity contribution in [3.8, 4) is 11.5 Å². The number of hydrogen-bond donors (Lipinski definition) is 2. The summed E-state index contributed by atoms with van der Waals surface area (Å²) in [5.74, 6) is -0.364. The predicted octanol–water partition coefficient (Wildman–Crippen LogP) is 1.55. The fourth-order valence-electron chi connectivity index (χ4n) is 1.34. The molecule has 88 valence electrons. The van der Waals surface area contributed by atoms with Gasteiger partial charge in [0.15, 0.2) is 11.5 Å². The van der Waals surface area contributed by atoms with Crippen LogP contribution in [0.4, 0.5) is 0 Å². The number of aliphatic carboxylic acids is 1. The van der Waals surface area contributed by atoms with Crippen LogP contribution in [-0.2, 0) is 4.79 Å². The number of carboxylic acids is 1. The number of carboxylic acid groups (broad SMARTS) is 1. The second-order valence-electron chi connectivity index (χ2n) is 3.01. The predicted molar refractivity (Wildman–Crippen MR) is 61.8 cm³/mol. The average molecular weight is 290 g/mol. The van der Waals surface area contributed by atoms with Gasteiger partial charge in [0.1, 0.15) is 6.04 Å². The van der Waals surface area contributed by atoms with E-state index in [0.717, 1.165) is 0 Å². The van der Waals surface area contributed by atoms with Crippen LogP contribution in [0.15, 0.2) is 16.6 Å². The van der Waals surface area contributed by atoms with Gasteiger partial charge in [-0.1, -0.05) is 15.9 Å². The van der Waals surface area contributed by atoms with Gasteiger partial charge in [0.25, 0.3) is 0 Å². The smallest absolute Gasteiger partial charge is 0.325 e. The molecule has 16 heavy (non-hydrogen) atoms. The summed E-state index contributed by atoms with van der Waals surface area (Å²) < 4.78 is 10.8. The maximum Gasteiger partial charge on any atom is 0.325 e. The van der Waals surface area contributed by atoms with Crippen molar-refractivity contribution in [2.45, 2.75) is 6.04 Å². The molecular formula is C10H12BrNO4. The highest BCUT2D eigenvalue weighted by molar-refractivity contribution is 9.10. The molecule has 5 nitrogen and oxygen atoms in total. The van der Waals surface area contributed by atoms with Crippen molar-refractivity contribution >= 4 is 21.9 Å². The molecule has 1 rings (SSSR count). The number of hydrogen-bond acceptors (Lipinski definition) is 4. The molecule has 0 aromatic heterocycles. The maximum absolute atomic E-state index is 10.9. The lowest BCUT2D eigenvalue weighted by Crippen LogP contribution is -2.22. The van der Waals surface area contributed by atoms with Gasteiger partial charge in [-0.15, -0.1) is 0 Å². The molecular weight excluding hydrogens is 278 g/mol. The summed E-state index contributed by atoms with van der Waals surface area (Å²) in [7, 11) is 2.91.